The number of allylic oxidation sites excluding steroid dienone is 2. The zero-order valence-corrected chi connectivity index (χ0v) is 30.3. The summed E-state index contributed by atoms with van der Waals surface area (Å²) in [5, 5.41) is 34.8. The van der Waals surface area contributed by atoms with Crippen LogP contribution in [0.4, 0.5) is 4.79 Å². The van der Waals surface area contributed by atoms with Gasteiger partial charge in [0.05, 0.1) is 30.8 Å². The van der Waals surface area contributed by atoms with Gasteiger partial charge in [-0.15, -0.1) is 0 Å². The third-order valence-electron chi connectivity index (χ3n) is 9.64. The van der Waals surface area contributed by atoms with E-state index >= 15 is 0 Å². The van der Waals surface area contributed by atoms with Crippen molar-refractivity contribution >= 4 is 12.1 Å². The average Bonchev–Trinajstić information content (AvgIpc) is 3.06. The molecule has 274 valence electrons. The Bertz CT molecular complexity index is 1060. The molecule has 10 heteroatoms. The molecule has 0 aromatic carbocycles. The van der Waals surface area contributed by atoms with Crippen LogP contribution in [-0.4, -0.2) is 102 Å². The minimum Gasteiger partial charge on any atom is -0.457 e. The van der Waals surface area contributed by atoms with Crippen LogP contribution in [0, 0.1) is 17.8 Å². The van der Waals surface area contributed by atoms with Crippen molar-refractivity contribution in [2.24, 2.45) is 17.8 Å². The number of hydrogen-bond acceptors (Lipinski definition) is 9. The van der Waals surface area contributed by atoms with Crippen molar-refractivity contribution in [2.75, 3.05) is 33.3 Å². The van der Waals surface area contributed by atoms with Crippen molar-refractivity contribution in [2.45, 2.75) is 129 Å². The van der Waals surface area contributed by atoms with Gasteiger partial charge in [0.15, 0.2) is 0 Å². The van der Waals surface area contributed by atoms with Gasteiger partial charge >= 0.3 is 12.1 Å². The summed E-state index contributed by atoms with van der Waals surface area (Å²) >= 11 is 0. The number of piperidine rings is 1. The number of alkyl carbamates (subject to hydrolysis) is 1. The highest BCUT2D eigenvalue weighted by atomic mass is 16.6. The van der Waals surface area contributed by atoms with Crippen molar-refractivity contribution in [3.05, 3.63) is 48.1 Å². The standard InChI is InChI=1S/C38H64N2O8/c1-8-33(46-7)30(6)24-32(42)36(44)27(3)14-12-15-28(4)37-29(5)17-19-34(26(2)16-18-31(41)25-35(43)48-37)47-38(45)39-20-13-23-40-21-10-9-11-22-40/h12,14-15,17,19,27,29-34,36-37,41-42,44H,2,8-11,13,16,18,20-25H2,1,3-7H3,(H,39,45)/b14-12+,19-17+,28-15+. The van der Waals surface area contributed by atoms with E-state index in [9.17, 15) is 24.9 Å². The first-order chi connectivity index (χ1) is 22.9. The number of likely N-dealkylation sites (tertiary alicyclic amines) is 1. The summed E-state index contributed by atoms with van der Waals surface area (Å²) in [6, 6.07) is 0. The highest BCUT2D eigenvalue weighted by Gasteiger charge is 2.27. The highest BCUT2D eigenvalue weighted by Crippen LogP contribution is 2.25. The minimum absolute atomic E-state index is 0.0188. The van der Waals surface area contributed by atoms with E-state index in [0.717, 1.165) is 38.0 Å². The first-order valence-corrected chi connectivity index (χ1v) is 18.0. The monoisotopic (exact) mass is 676 g/mol. The Hall–Kier alpha value is -2.50. The second-order valence-electron chi connectivity index (χ2n) is 13.8. The molecular weight excluding hydrogens is 612 g/mol. The van der Waals surface area contributed by atoms with Gasteiger partial charge in [0, 0.05) is 25.5 Å². The van der Waals surface area contributed by atoms with Crippen LogP contribution in [-0.2, 0) is 19.0 Å². The summed E-state index contributed by atoms with van der Waals surface area (Å²) in [6.07, 6.45) is 10.8. The predicted molar refractivity (Wildman–Crippen MR) is 189 cm³/mol. The van der Waals surface area contributed by atoms with Gasteiger partial charge in [-0.1, -0.05) is 65.0 Å². The fourth-order valence-corrected chi connectivity index (χ4v) is 6.48. The Morgan fingerprint density at radius 2 is 1.92 bits per heavy atom. The number of ether oxygens (including phenoxy) is 3. The number of nitrogens with one attached hydrogen (secondary N) is 1. The van der Waals surface area contributed by atoms with Crippen molar-refractivity contribution in [1.82, 2.24) is 10.2 Å². The summed E-state index contributed by atoms with van der Waals surface area (Å²) in [5.74, 6) is -1.03. The van der Waals surface area contributed by atoms with Gasteiger partial charge < -0.3 is 39.7 Å². The van der Waals surface area contributed by atoms with Crippen LogP contribution >= 0.6 is 0 Å². The second kappa shape index (κ2) is 22.3. The van der Waals surface area contributed by atoms with Crippen LogP contribution < -0.4 is 5.32 Å². The molecular formula is C38H64N2O8. The van der Waals surface area contributed by atoms with E-state index in [1.807, 2.05) is 52.8 Å². The number of carbonyl (C=O) groups is 2. The molecule has 0 aromatic heterocycles. The Morgan fingerprint density at radius 3 is 2.58 bits per heavy atom. The van der Waals surface area contributed by atoms with Crippen molar-refractivity contribution in [1.29, 1.82) is 0 Å². The number of nitrogens with zero attached hydrogens (tertiary/aromatic N) is 1. The summed E-state index contributed by atoms with van der Waals surface area (Å²) in [6.45, 7) is 17.5. The molecule has 0 saturated carbocycles. The molecule has 9 unspecified atom stereocenters. The van der Waals surface area contributed by atoms with Crippen LogP contribution in [0.25, 0.3) is 0 Å². The van der Waals surface area contributed by atoms with Gasteiger partial charge in [-0.25, -0.2) is 4.79 Å². The van der Waals surface area contributed by atoms with Crippen LogP contribution in [0.15, 0.2) is 48.1 Å². The van der Waals surface area contributed by atoms with Gasteiger partial charge in [-0.2, -0.15) is 0 Å². The van der Waals surface area contributed by atoms with Crippen LogP contribution in [0.3, 0.4) is 0 Å². The van der Waals surface area contributed by atoms with Crippen molar-refractivity contribution < 1.29 is 39.1 Å². The number of carbonyl (C=O) groups excluding carboxylic acids is 2. The molecule has 1 fully saturated rings. The second-order valence-corrected chi connectivity index (χ2v) is 13.8. The normalized spacial score (nSPS) is 27.6. The van der Waals surface area contributed by atoms with E-state index in [1.165, 1.54) is 19.3 Å². The third-order valence-corrected chi connectivity index (χ3v) is 9.64. The van der Waals surface area contributed by atoms with Gasteiger partial charge in [0.1, 0.15) is 12.2 Å². The SMILES string of the molecule is C=C1CCC(O)CC(=O)OC(/C(C)=C/C=C/C(C)C(O)C(O)CC(C)C(CC)OC)C(C)/C=C/C1OC(=O)NCCCN1CCCCC1. The summed E-state index contributed by atoms with van der Waals surface area (Å²) in [5.41, 5.74) is 1.39. The molecule has 9 atom stereocenters. The first kappa shape index (κ1) is 41.7. The van der Waals surface area contributed by atoms with Crippen LogP contribution in [0.5, 0.6) is 0 Å². The van der Waals surface area contributed by atoms with Gasteiger partial charge in [0.25, 0.3) is 0 Å². The van der Waals surface area contributed by atoms with Gasteiger partial charge in [0.2, 0.25) is 0 Å². The topological polar surface area (TPSA) is 138 Å². The lowest BCUT2D eigenvalue weighted by molar-refractivity contribution is -0.151. The third kappa shape index (κ3) is 14.9. The maximum atomic E-state index is 12.8. The number of cyclic esters (lactones) is 1. The quantitative estimate of drug-likeness (QED) is 0.0770. The zero-order chi connectivity index (χ0) is 35.6. The minimum atomic E-state index is -0.953. The molecule has 0 radical (unpaired) electrons. The number of rotatable bonds is 15. The lowest BCUT2D eigenvalue weighted by atomic mass is 9.89. The van der Waals surface area contributed by atoms with E-state index < -0.39 is 42.6 Å². The zero-order valence-electron chi connectivity index (χ0n) is 30.3. The molecule has 0 aromatic rings. The maximum absolute atomic E-state index is 12.8. The van der Waals surface area contributed by atoms with E-state index in [1.54, 1.807) is 19.3 Å². The van der Waals surface area contributed by atoms with Crippen LogP contribution in [0.1, 0.15) is 92.4 Å². The number of methoxy groups -OCH3 is 1. The number of aliphatic hydroxyl groups excluding tert-OH is 3. The molecule has 1 saturated heterocycles. The van der Waals surface area contributed by atoms with Crippen molar-refractivity contribution in [3.63, 3.8) is 0 Å². The van der Waals surface area contributed by atoms with E-state index in [2.05, 4.69) is 16.8 Å². The predicted octanol–water partition coefficient (Wildman–Crippen LogP) is 5.47. The van der Waals surface area contributed by atoms with Gasteiger partial charge in [-0.3, -0.25) is 4.79 Å². The summed E-state index contributed by atoms with van der Waals surface area (Å²) in [7, 11) is 1.66. The lowest BCUT2D eigenvalue weighted by Gasteiger charge is -2.27. The lowest BCUT2D eigenvalue weighted by Crippen LogP contribution is -2.35. The number of hydrogen-bond donors (Lipinski definition) is 4. The van der Waals surface area contributed by atoms with Gasteiger partial charge in [-0.05, 0) is 94.6 Å². The number of amides is 1. The summed E-state index contributed by atoms with van der Waals surface area (Å²) in [4.78, 5) is 27.9. The molecule has 2 aliphatic heterocycles. The molecule has 0 spiro atoms. The molecule has 2 heterocycles. The molecule has 1 amide bonds. The Labute approximate surface area is 289 Å². The Kier molecular flexibility index (Phi) is 19.3. The summed E-state index contributed by atoms with van der Waals surface area (Å²) < 4.78 is 17.1. The average molecular weight is 677 g/mol. The molecule has 0 bridgehead atoms. The highest BCUT2D eigenvalue weighted by molar-refractivity contribution is 5.70. The van der Waals surface area contributed by atoms with Crippen molar-refractivity contribution in [3.8, 4) is 0 Å². The Balaban J connectivity index is 2.07. The van der Waals surface area contributed by atoms with E-state index in [-0.39, 0.29) is 36.7 Å². The largest absolute Gasteiger partial charge is 0.457 e. The first-order valence-electron chi connectivity index (χ1n) is 18.0. The van der Waals surface area contributed by atoms with E-state index in [4.69, 9.17) is 14.2 Å². The molecule has 48 heavy (non-hydrogen) atoms. The molecule has 4 N–H and O–H groups in total. The maximum Gasteiger partial charge on any atom is 0.408 e. The Morgan fingerprint density at radius 1 is 1.21 bits per heavy atom. The number of esters is 1. The molecule has 0 aliphatic carbocycles. The molecule has 10 nitrogen and oxygen atoms in total. The smallest absolute Gasteiger partial charge is 0.408 e. The number of aliphatic hydroxyl groups is 3. The fourth-order valence-electron chi connectivity index (χ4n) is 6.48. The molecule has 2 rings (SSSR count). The van der Waals surface area contributed by atoms with E-state index in [0.29, 0.717) is 25.0 Å². The fraction of sp³-hybridized carbons (Fsp3) is 0.737. The van der Waals surface area contributed by atoms with Crippen LogP contribution in [0.2, 0.25) is 0 Å². The molecule has 2 aliphatic rings.